The number of carbonyl (C=O) groups is 2. The maximum Gasteiger partial charge on any atom is 0.326 e. The summed E-state index contributed by atoms with van der Waals surface area (Å²) in [5.41, 5.74) is 2.31. The van der Waals surface area contributed by atoms with Gasteiger partial charge in [0.2, 0.25) is 0 Å². The van der Waals surface area contributed by atoms with E-state index in [1.54, 1.807) is 0 Å². The monoisotopic (exact) mass is 320 g/mol. The molecule has 1 aliphatic heterocycles. The Labute approximate surface area is 136 Å². The number of ether oxygens (including phenoxy) is 1. The Hall–Kier alpha value is -1.92. The van der Waals surface area contributed by atoms with Crippen molar-refractivity contribution in [1.82, 2.24) is 10.2 Å². The van der Waals surface area contributed by atoms with Gasteiger partial charge in [-0.05, 0) is 31.2 Å². The Morgan fingerprint density at radius 3 is 2.70 bits per heavy atom. The minimum absolute atomic E-state index is 0.104. The van der Waals surface area contributed by atoms with E-state index in [4.69, 9.17) is 9.84 Å². The van der Waals surface area contributed by atoms with E-state index in [-0.39, 0.29) is 11.8 Å². The highest BCUT2D eigenvalue weighted by atomic mass is 16.6. The van der Waals surface area contributed by atoms with Crippen LogP contribution in [0.1, 0.15) is 31.4 Å². The number of aryl methyl sites for hydroxylation is 2. The van der Waals surface area contributed by atoms with Crippen molar-refractivity contribution in [3.63, 3.8) is 0 Å². The number of urea groups is 1. The molecule has 2 N–H and O–H groups in total. The third-order valence-electron chi connectivity index (χ3n) is 3.93. The molecule has 23 heavy (non-hydrogen) atoms. The van der Waals surface area contributed by atoms with E-state index in [1.807, 2.05) is 39.0 Å². The number of amides is 3. The third kappa shape index (κ3) is 4.09. The molecular weight excluding hydrogens is 296 g/mol. The molecule has 3 amide bonds. The Kier molecular flexibility index (Phi) is 5.74. The van der Waals surface area contributed by atoms with Gasteiger partial charge in [0.1, 0.15) is 19.1 Å². The lowest BCUT2D eigenvalue weighted by Crippen LogP contribution is -2.45. The van der Waals surface area contributed by atoms with Crippen molar-refractivity contribution in [3.8, 4) is 0 Å². The van der Waals surface area contributed by atoms with Crippen LogP contribution in [0.25, 0.3) is 0 Å². The highest BCUT2D eigenvalue weighted by Crippen LogP contribution is 2.20. The standard InChI is InChI=1S/C17H24N2O4/c1-11(2)16(23-10-20)19-15(21)14(18-17(19)22)8-7-13-6-4-5-12(3)9-13/h4-6,9,11,14,16,20H,7-8,10H2,1-3H3,(H,18,22)/t14-,16-/m0/s1. The first-order valence-corrected chi connectivity index (χ1v) is 7.85. The molecule has 1 aromatic carbocycles. The number of benzene rings is 1. The predicted octanol–water partition coefficient (Wildman–Crippen LogP) is 1.80. The number of hydrogen-bond acceptors (Lipinski definition) is 4. The molecule has 1 heterocycles. The molecule has 0 spiro atoms. The third-order valence-corrected chi connectivity index (χ3v) is 3.93. The molecule has 0 bridgehead atoms. The van der Waals surface area contributed by atoms with Crippen molar-refractivity contribution in [2.45, 2.75) is 45.9 Å². The quantitative estimate of drug-likeness (QED) is 0.593. The summed E-state index contributed by atoms with van der Waals surface area (Å²) in [5, 5.41) is 11.7. The lowest BCUT2D eigenvalue weighted by Gasteiger charge is -2.27. The molecule has 1 aliphatic rings. The Bertz CT molecular complexity index is 573. The highest BCUT2D eigenvalue weighted by molar-refractivity contribution is 6.04. The minimum atomic E-state index is -0.753. The van der Waals surface area contributed by atoms with E-state index >= 15 is 0 Å². The summed E-state index contributed by atoms with van der Waals surface area (Å²) in [5.74, 6) is -0.401. The Balaban J connectivity index is 2.03. The van der Waals surface area contributed by atoms with Gasteiger partial charge in [-0.15, -0.1) is 0 Å². The van der Waals surface area contributed by atoms with Crippen molar-refractivity contribution >= 4 is 11.9 Å². The van der Waals surface area contributed by atoms with Crippen molar-refractivity contribution in [3.05, 3.63) is 35.4 Å². The van der Waals surface area contributed by atoms with Crippen molar-refractivity contribution < 1.29 is 19.4 Å². The number of hydrogen-bond donors (Lipinski definition) is 2. The number of nitrogens with one attached hydrogen (secondary N) is 1. The van der Waals surface area contributed by atoms with E-state index in [0.717, 1.165) is 10.5 Å². The summed E-state index contributed by atoms with van der Waals surface area (Å²) in [6.07, 6.45) is 0.491. The van der Waals surface area contributed by atoms with Crippen molar-refractivity contribution in [2.24, 2.45) is 5.92 Å². The molecule has 0 saturated carbocycles. The molecule has 0 aliphatic carbocycles. The minimum Gasteiger partial charge on any atom is -0.371 e. The molecule has 126 valence electrons. The molecule has 0 unspecified atom stereocenters. The van der Waals surface area contributed by atoms with Gasteiger partial charge in [-0.2, -0.15) is 0 Å². The molecule has 2 atom stereocenters. The molecular formula is C17H24N2O4. The number of aliphatic hydroxyl groups is 1. The van der Waals surface area contributed by atoms with Gasteiger partial charge in [-0.3, -0.25) is 4.79 Å². The van der Waals surface area contributed by atoms with E-state index in [9.17, 15) is 9.59 Å². The number of carbonyl (C=O) groups excluding carboxylic acids is 2. The Morgan fingerprint density at radius 2 is 2.09 bits per heavy atom. The van der Waals surface area contributed by atoms with Crippen LogP contribution in [0.5, 0.6) is 0 Å². The van der Waals surface area contributed by atoms with Gasteiger partial charge in [-0.1, -0.05) is 43.7 Å². The van der Waals surface area contributed by atoms with Gasteiger partial charge in [-0.25, -0.2) is 9.69 Å². The second-order valence-electron chi connectivity index (χ2n) is 6.17. The van der Waals surface area contributed by atoms with E-state index < -0.39 is 25.1 Å². The SMILES string of the molecule is Cc1cccc(CC[C@@H]2NC(=O)N([C@@H](OCO)C(C)C)C2=O)c1. The van der Waals surface area contributed by atoms with Crippen LogP contribution in [0, 0.1) is 12.8 Å². The molecule has 1 fully saturated rings. The van der Waals surface area contributed by atoms with Crippen LogP contribution in [0.2, 0.25) is 0 Å². The van der Waals surface area contributed by atoms with Crippen LogP contribution in [-0.4, -0.2) is 41.0 Å². The van der Waals surface area contributed by atoms with Gasteiger partial charge < -0.3 is 15.2 Å². The van der Waals surface area contributed by atoms with Crippen molar-refractivity contribution in [2.75, 3.05) is 6.79 Å². The molecule has 2 rings (SSSR count). The van der Waals surface area contributed by atoms with Crippen LogP contribution in [0.4, 0.5) is 4.79 Å². The van der Waals surface area contributed by atoms with Gasteiger partial charge >= 0.3 is 6.03 Å². The summed E-state index contributed by atoms with van der Waals surface area (Å²) in [6.45, 7) is 5.16. The topological polar surface area (TPSA) is 78.9 Å². The zero-order valence-electron chi connectivity index (χ0n) is 13.8. The molecule has 0 aromatic heterocycles. The molecule has 1 aromatic rings. The number of aliphatic hydroxyl groups excluding tert-OH is 1. The summed E-state index contributed by atoms with van der Waals surface area (Å²) in [7, 11) is 0. The normalized spacial score (nSPS) is 19.3. The van der Waals surface area contributed by atoms with Gasteiger partial charge in [0.05, 0.1) is 0 Å². The van der Waals surface area contributed by atoms with Crippen molar-refractivity contribution in [1.29, 1.82) is 0 Å². The van der Waals surface area contributed by atoms with Gasteiger partial charge in [0.15, 0.2) is 0 Å². The average Bonchev–Trinajstić information content (AvgIpc) is 2.77. The Morgan fingerprint density at radius 1 is 1.35 bits per heavy atom. The van der Waals surface area contributed by atoms with E-state index in [1.165, 1.54) is 5.56 Å². The zero-order chi connectivity index (χ0) is 17.0. The maximum absolute atomic E-state index is 12.5. The lowest BCUT2D eigenvalue weighted by atomic mass is 10.0. The first-order chi connectivity index (χ1) is 10.9. The van der Waals surface area contributed by atoms with Gasteiger partial charge in [0, 0.05) is 0 Å². The molecule has 6 heteroatoms. The van der Waals surface area contributed by atoms with Crippen LogP contribution in [0.3, 0.4) is 0 Å². The number of imide groups is 1. The number of rotatable bonds is 7. The summed E-state index contributed by atoms with van der Waals surface area (Å²) in [4.78, 5) is 25.7. The molecule has 1 saturated heterocycles. The highest BCUT2D eigenvalue weighted by Gasteiger charge is 2.43. The summed E-state index contributed by atoms with van der Waals surface area (Å²) in [6, 6.07) is 7.08. The largest absolute Gasteiger partial charge is 0.371 e. The smallest absolute Gasteiger partial charge is 0.326 e. The fourth-order valence-corrected chi connectivity index (χ4v) is 2.81. The number of nitrogens with zero attached hydrogens (tertiary/aromatic N) is 1. The first kappa shape index (κ1) is 17.4. The van der Waals surface area contributed by atoms with Crippen LogP contribution >= 0.6 is 0 Å². The maximum atomic E-state index is 12.5. The summed E-state index contributed by atoms with van der Waals surface area (Å²) >= 11 is 0. The van der Waals surface area contributed by atoms with Crippen LogP contribution in [0.15, 0.2) is 24.3 Å². The average molecular weight is 320 g/mol. The fraction of sp³-hybridized carbons (Fsp3) is 0.529. The van der Waals surface area contributed by atoms with Crippen LogP contribution < -0.4 is 5.32 Å². The fourth-order valence-electron chi connectivity index (χ4n) is 2.81. The van der Waals surface area contributed by atoms with E-state index in [2.05, 4.69) is 11.4 Å². The first-order valence-electron chi connectivity index (χ1n) is 7.85. The second-order valence-corrected chi connectivity index (χ2v) is 6.17. The molecule has 0 radical (unpaired) electrons. The lowest BCUT2D eigenvalue weighted by molar-refractivity contribution is -0.152. The molecule has 6 nitrogen and oxygen atoms in total. The summed E-state index contributed by atoms with van der Waals surface area (Å²) < 4.78 is 5.15. The second kappa shape index (κ2) is 7.57. The van der Waals surface area contributed by atoms with Gasteiger partial charge in [0.25, 0.3) is 5.91 Å². The van der Waals surface area contributed by atoms with Crippen LogP contribution in [-0.2, 0) is 16.0 Å². The zero-order valence-corrected chi connectivity index (χ0v) is 13.8. The van der Waals surface area contributed by atoms with E-state index in [0.29, 0.717) is 12.8 Å². The predicted molar refractivity (Wildman–Crippen MR) is 85.5 cm³/mol.